The van der Waals surface area contributed by atoms with Crippen molar-refractivity contribution in [2.75, 3.05) is 0 Å². The van der Waals surface area contributed by atoms with E-state index in [-0.39, 0.29) is 0 Å². The van der Waals surface area contributed by atoms with Gasteiger partial charge in [-0.2, -0.15) is 0 Å². The summed E-state index contributed by atoms with van der Waals surface area (Å²) in [6.07, 6.45) is 3.08. The lowest BCUT2D eigenvalue weighted by Gasteiger charge is -1.82. The van der Waals surface area contributed by atoms with Crippen LogP contribution in [-0.4, -0.2) is 4.98 Å². The summed E-state index contributed by atoms with van der Waals surface area (Å²) >= 11 is 1.66. The van der Waals surface area contributed by atoms with E-state index in [0.29, 0.717) is 0 Å². The molecule has 0 saturated heterocycles. The Labute approximate surface area is 62.1 Å². The van der Waals surface area contributed by atoms with E-state index in [4.69, 9.17) is 4.42 Å². The molecule has 2 heterocycles. The number of rotatable bonds is 1. The zero-order valence-electron chi connectivity index (χ0n) is 5.15. The minimum absolute atomic E-state index is 0.912. The van der Waals surface area contributed by atoms with Crippen molar-refractivity contribution in [1.29, 1.82) is 0 Å². The molecule has 50 valence electrons. The van der Waals surface area contributed by atoms with E-state index in [2.05, 4.69) is 4.98 Å². The van der Waals surface area contributed by atoms with Gasteiger partial charge in [-0.05, 0) is 11.4 Å². The summed E-state index contributed by atoms with van der Waals surface area (Å²) in [6.45, 7) is 0. The molecule has 0 aliphatic heterocycles. The second-order valence-electron chi connectivity index (χ2n) is 1.85. The van der Waals surface area contributed by atoms with Crippen LogP contribution < -0.4 is 0 Å². The van der Waals surface area contributed by atoms with Gasteiger partial charge < -0.3 is 4.42 Å². The predicted molar refractivity (Wildman–Crippen MR) is 39.8 cm³/mol. The molecule has 2 rings (SSSR count). The van der Waals surface area contributed by atoms with Crippen molar-refractivity contribution in [1.82, 2.24) is 4.98 Å². The van der Waals surface area contributed by atoms with E-state index in [1.807, 2.05) is 17.5 Å². The van der Waals surface area contributed by atoms with Crippen molar-refractivity contribution in [3.63, 3.8) is 0 Å². The Morgan fingerprint density at radius 2 is 2.50 bits per heavy atom. The maximum atomic E-state index is 4.83. The zero-order chi connectivity index (χ0) is 6.81. The number of nitrogens with zero attached hydrogens (tertiary/aromatic N) is 1. The molecule has 0 unspecified atom stereocenters. The summed E-state index contributed by atoms with van der Waals surface area (Å²) < 4.78 is 4.83. The van der Waals surface area contributed by atoms with Gasteiger partial charge in [-0.15, -0.1) is 11.3 Å². The van der Waals surface area contributed by atoms with Crippen LogP contribution in [0, 0.1) is 0 Å². The van der Waals surface area contributed by atoms with Gasteiger partial charge in [0.25, 0.3) is 0 Å². The number of hydrogen-bond acceptors (Lipinski definition) is 3. The van der Waals surface area contributed by atoms with E-state index < -0.39 is 0 Å². The van der Waals surface area contributed by atoms with Crippen LogP contribution in [0.5, 0.6) is 0 Å². The summed E-state index contributed by atoms with van der Waals surface area (Å²) in [5.74, 6) is 0. The van der Waals surface area contributed by atoms with Gasteiger partial charge in [0.2, 0.25) is 0 Å². The minimum atomic E-state index is 0.912. The first-order valence-electron chi connectivity index (χ1n) is 2.89. The molecule has 0 amide bonds. The third kappa shape index (κ3) is 0.844. The molecule has 0 aliphatic rings. The third-order valence-electron chi connectivity index (χ3n) is 1.21. The monoisotopic (exact) mass is 151 g/mol. The summed E-state index contributed by atoms with van der Waals surface area (Å²) in [5.41, 5.74) is 0.912. The Kier molecular flexibility index (Phi) is 1.29. The molecule has 0 spiro atoms. The van der Waals surface area contributed by atoms with E-state index in [1.54, 1.807) is 17.6 Å². The minimum Gasteiger partial charge on any atom is -0.451 e. The highest BCUT2D eigenvalue weighted by atomic mass is 32.1. The van der Waals surface area contributed by atoms with Crippen molar-refractivity contribution < 1.29 is 4.42 Å². The van der Waals surface area contributed by atoms with E-state index in [9.17, 15) is 0 Å². The lowest BCUT2D eigenvalue weighted by Crippen LogP contribution is -1.65. The van der Waals surface area contributed by atoms with Gasteiger partial charge in [-0.3, -0.25) is 0 Å². The Morgan fingerprint density at radius 1 is 1.50 bits per heavy atom. The summed E-state index contributed by atoms with van der Waals surface area (Å²) in [7, 11) is 0. The molecule has 0 aliphatic carbocycles. The van der Waals surface area contributed by atoms with Gasteiger partial charge in [0.05, 0.1) is 4.88 Å². The maximum absolute atomic E-state index is 4.83. The van der Waals surface area contributed by atoms with Crippen LogP contribution in [0.2, 0.25) is 0 Å². The number of oxazole rings is 1. The molecule has 2 aromatic rings. The lowest BCUT2D eigenvalue weighted by atomic mass is 10.4. The molecule has 2 aromatic heterocycles. The van der Waals surface area contributed by atoms with Crippen molar-refractivity contribution in [2.24, 2.45) is 0 Å². The molecule has 10 heavy (non-hydrogen) atoms. The molecular formula is C7H5NOS. The highest BCUT2D eigenvalue weighted by molar-refractivity contribution is 7.13. The number of hydrogen-bond donors (Lipinski definition) is 0. The molecule has 0 atom stereocenters. The molecular weight excluding hydrogens is 146 g/mol. The standard InChI is InChI=1S/C7H5NOS/c1-2-7(10-3-1)6-4-9-5-8-6/h1-5H. The summed E-state index contributed by atoms with van der Waals surface area (Å²) in [5, 5.41) is 2.02. The molecule has 0 bridgehead atoms. The van der Waals surface area contributed by atoms with Gasteiger partial charge in [0, 0.05) is 0 Å². The fourth-order valence-corrected chi connectivity index (χ4v) is 1.44. The average Bonchev–Trinajstić information content (AvgIpc) is 2.59. The van der Waals surface area contributed by atoms with Crippen LogP contribution in [0.25, 0.3) is 10.6 Å². The maximum Gasteiger partial charge on any atom is 0.181 e. The Balaban J connectivity index is 2.48. The van der Waals surface area contributed by atoms with Crippen LogP contribution in [0.1, 0.15) is 0 Å². The van der Waals surface area contributed by atoms with Crippen molar-refractivity contribution in [2.45, 2.75) is 0 Å². The normalized spacial score (nSPS) is 10.0. The predicted octanol–water partition coefficient (Wildman–Crippen LogP) is 2.40. The van der Waals surface area contributed by atoms with Crippen molar-refractivity contribution in [3.05, 3.63) is 30.2 Å². The Bertz CT molecular complexity index is 253. The quantitative estimate of drug-likeness (QED) is 0.625. The largest absolute Gasteiger partial charge is 0.451 e. The molecule has 0 N–H and O–H groups in total. The van der Waals surface area contributed by atoms with Crippen LogP contribution in [-0.2, 0) is 0 Å². The lowest BCUT2D eigenvalue weighted by molar-refractivity contribution is 0.558. The summed E-state index contributed by atoms with van der Waals surface area (Å²) in [4.78, 5) is 5.15. The second-order valence-corrected chi connectivity index (χ2v) is 2.80. The highest BCUT2D eigenvalue weighted by Crippen LogP contribution is 2.21. The van der Waals surface area contributed by atoms with Crippen LogP contribution >= 0.6 is 11.3 Å². The molecule has 3 heteroatoms. The second kappa shape index (κ2) is 2.27. The highest BCUT2D eigenvalue weighted by Gasteiger charge is 1.98. The molecule has 0 fully saturated rings. The Hall–Kier alpha value is -1.09. The van der Waals surface area contributed by atoms with E-state index >= 15 is 0 Å². The number of thiophene rings is 1. The van der Waals surface area contributed by atoms with Crippen molar-refractivity contribution in [3.8, 4) is 10.6 Å². The molecule has 0 aromatic carbocycles. The van der Waals surface area contributed by atoms with Crippen LogP contribution in [0.15, 0.2) is 34.6 Å². The van der Waals surface area contributed by atoms with Crippen LogP contribution in [0.3, 0.4) is 0 Å². The first-order valence-corrected chi connectivity index (χ1v) is 3.77. The first kappa shape index (κ1) is 5.68. The fourth-order valence-electron chi connectivity index (χ4n) is 0.759. The van der Waals surface area contributed by atoms with Crippen LogP contribution in [0.4, 0.5) is 0 Å². The smallest absolute Gasteiger partial charge is 0.181 e. The topological polar surface area (TPSA) is 26.0 Å². The molecule has 0 saturated carbocycles. The fraction of sp³-hybridized carbons (Fsp3) is 0. The van der Waals surface area contributed by atoms with Gasteiger partial charge in [-0.1, -0.05) is 6.07 Å². The van der Waals surface area contributed by atoms with E-state index in [0.717, 1.165) is 10.6 Å². The number of aromatic nitrogens is 1. The first-order chi connectivity index (χ1) is 4.97. The van der Waals surface area contributed by atoms with Gasteiger partial charge in [0.15, 0.2) is 6.39 Å². The van der Waals surface area contributed by atoms with E-state index in [1.165, 1.54) is 6.39 Å². The van der Waals surface area contributed by atoms with Gasteiger partial charge in [-0.25, -0.2) is 4.98 Å². The zero-order valence-corrected chi connectivity index (χ0v) is 5.97. The van der Waals surface area contributed by atoms with Gasteiger partial charge in [0.1, 0.15) is 12.0 Å². The molecule has 2 nitrogen and oxygen atoms in total. The third-order valence-corrected chi connectivity index (χ3v) is 2.10. The van der Waals surface area contributed by atoms with Crippen molar-refractivity contribution >= 4 is 11.3 Å². The SMILES string of the molecule is c1csc(-c2cocn2)c1. The summed E-state index contributed by atoms with van der Waals surface area (Å²) in [6, 6.07) is 4.01. The molecule has 0 radical (unpaired) electrons. The Morgan fingerprint density at radius 3 is 3.10 bits per heavy atom. The van der Waals surface area contributed by atoms with Gasteiger partial charge >= 0.3 is 0 Å². The average molecular weight is 151 g/mol.